The molecule has 154 valence electrons. The fraction of sp³-hybridized carbons (Fsp3) is 0.429. The number of aliphatic imine (C=N–C) groups is 1. The topological polar surface area (TPSA) is 88.2 Å². The highest BCUT2D eigenvalue weighted by Crippen LogP contribution is 2.18. The van der Waals surface area contributed by atoms with Crippen molar-refractivity contribution in [2.24, 2.45) is 4.99 Å². The van der Waals surface area contributed by atoms with Crippen LogP contribution in [-0.4, -0.2) is 40.7 Å². The number of hydrogen-bond acceptors (Lipinski definition) is 6. The van der Waals surface area contributed by atoms with Gasteiger partial charge in [-0.25, -0.2) is 4.98 Å². The Bertz CT molecular complexity index is 915. The average Bonchev–Trinajstić information content (AvgIpc) is 3.37. The van der Waals surface area contributed by atoms with Crippen LogP contribution in [0.1, 0.15) is 35.9 Å². The minimum absolute atomic E-state index is 0.573. The molecule has 0 aliphatic carbocycles. The number of aryl methyl sites for hydroxylation is 2. The number of aromatic nitrogens is 3. The van der Waals surface area contributed by atoms with Crippen molar-refractivity contribution in [2.75, 3.05) is 19.6 Å². The summed E-state index contributed by atoms with van der Waals surface area (Å²) in [6.45, 7) is 8.47. The Morgan fingerprint density at radius 3 is 2.59 bits per heavy atom. The Kier molecular flexibility index (Phi) is 7.75. The van der Waals surface area contributed by atoms with Crippen molar-refractivity contribution in [1.82, 2.24) is 25.8 Å². The quantitative estimate of drug-likeness (QED) is 0.414. The monoisotopic (exact) mass is 412 g/mol. The highest BCUT2D eigenvalue weighted by atomic mass is 32.1. The van der Waals surface area contributed by atoms with E-state index in [0.29, 0.717) is 5.89 Å². The van der Waals surface area contributed by atoms with E-state index in [2.05, 4.69) is 55.2 Å². The van der Waals surface area contributed by atoms with Crippen LogP contribution in [-0.2, 0) is 19.3 Å². The minimum Gasteiger partial charge on any atom is -0.357 e. The second-order valence-corrected chi connectivity index (χ2v) is 7.67. The third-order valence-corrected chi connectivity index (χ3v) is 5.16. The molecule has 0 aliphatic heterocycles. The summed E-state index contributed by atoms with van der Waals surface area (Å²) in [5.41, 5.74) is 3.30. The van der Waals surface area contributed by atoms with Crippen LogP contribution in [0.15, 0.2) is 39.2 Å². The lowest BCUT2D eigenvalue weighted by molar-refractivity contribution is 0.423. The Labute approximate surface area is 175 Å². The van der Waals surface area contributed by atoms with Gasteiger partial charge in [0.1, 0.15) is 0 Å². The van der Waals surface area contributed by atoms with Gasteiger partial charge in [-0.3, -0.25) is 4.99 Å². The predicted octanol–water partition coefficient (Wildman–Crippen LogP) is 3.40. The number of benzene rings is 1. The molecule has 2 heterocycles. The fourth-order valence-electron chi connectivity index (χ4n) is 2.80. The van der Waals surface area contributed by atoms with E-state index in [1.807, 2.05) is 26.0 Å². The first kappa shape index (κ1) is 21.0. The molecule has 3 aromatic rings. The summed E-state index contributed by atoms with van der Waals surface area (Å²) in [5.74, 6) is 2.14. The maximum atomic E-state index is 5.29. The molecule has 0 amide bonds. The molecule has 0 saturated carbocycles. The van der Waals surface area contributed by atoms with Gasteiger partial charge < -0.3 is 15.2 Å². The van der Waals surface area contributed by atoms with E-state index < -0.39 is 0 Å². The van der Waals surface area contributed by atoms with Crippen molar-refractivity contribution in [3.05, 3.63) is 51.7 Å². The summed E-state index contributed by atoms with van der Waals surface area (Å²) in [7, 11) is 0. The van der Waals surface area contributed by atoms with Crippen molar-refractivity contribution in [2.45, 2.75) is 40.0 Å². The van der Waals surface area contributed by atoms with Gasteiger partial charge in [0, 0.05) is 43.4 Å². The summed E-state index contributed by atoms with van der Waals surface area (Å²) < 4.78 is 5.29. The Morgan fingerprint density at radius 2 is 1.93 bits per heavy atom. The van der Waals surface area contributed by atoms with Crippen molar-refractivity contribution in [1.29, 1.82) is 0 Å². The predicted molar refractivity (Wildman–Crippen MR) is 117 cm³/mol. The Morgan fingerprint density at radius 1 is 1.10 bits per heavy atom. The zero-order chi connectivity index (χ0) is 20.5. The number of hydrogen-bond donors (Lipinski definition) is 2. The second kappa shape index (κ2) is 10.7. The van der Waals surface area contributed by atoms with Gasteiger partial charge in [-0.1, -0.05) is 24.2 Å². The number of thiazole rings is 1. The number of nitrogens with one attached hydrogen (secondary N) is 2. The normalized spacial score (nSPS) is 11.6. The molecular weight excluding hydrogens is 384 g/mol. The van der Waals surface area contributed by atoms with Crippen molar-refractivity contribution in [3.63, 3.8) is 0 Å². The molecule has 7 nitrogen and oxygen atoms in total. The van der Waals surface area contributed by atoms with Crippen LogP contribution in [0.25, 0.3) is 11.5 Å². The second-order valence-electron chi connectivity index (χ2n) is 6.61. The molecule has 0 atom stereocenters. The Hall–Kier alpha value is -2.74. The maximum absolute atomic E-state index is 5.29. The van der Waals surface area contributed by atoms with E-state index in [-0.39, 0.29) is 0 Å². The van der Waals surface area contributed by atoms with Crippen LogP contribution < -0.4 is 10.6 Å². The third kappa shape index (κ3) is 6.39. The number of nitrogens with zero attached hydrogens (tertiary/aromatic N) is 4. The van der Waals surface area contributed by atoms with Gasteiger partial charge in [0.2, 0.25) is 0 Å². The third-order valence-electron chi connectivity index (χ3n) is 4.34. The van der Waals surface area contributed by atoms with Gasteiger partial charge >= 0.3 is 0 Å². The fourth-order valence-corrected chi connectivity index (χ4v) is 3.45. The summed E-state index contributed by atoms with van der Waals surface area (Å²) in [6.07, 6.45) is 2.53. The minimum atomic E-state index is 0.573. The van der Waals surface area contributed by atoms with E-state index in [1.165, 1.54) is 5.56 Å². The summed E-state index contributed by atoms with van der Waals surface area (Å²) in [5, 5.41) is 13.8. The van der Waals surface area contributed by atoms with Crippen molar-refractivity contribution < 1.29 is 4.52 Å². The van der Waals surface area contributed by atoms with Gasteiger partial charge in [0.15, 0.2) is 11.8 Å². The van der Waals surface area contributed by atoms with E-state index >= 15 is 0 Å². The largest absolute Gasteiger partial charge is 0.357 e. The molecule has 2 N–H and O–H groups in total. The van der Waals surface area contributed by atoms with Gasteiger partial charge in [0.05, 0.1) is 10.7 Å². The molecule has 0 fully saturated rings. The van der Waals surface area contributed by atoms with Crippen LogP contribution in [0.3, 0.4) is 0 Å². The summed E-state index contributed by atoms with van der Waals surface area (Å²) in [6, 6.07) is 8.25. The highest BCUT2D eigenvalue weighted by molar-refractivity contribution is 7.09. The van der Waals surface area contributed by atoms with Crippen LogP contribution >= 0.6 is 11.3 Å². The zero-order valence-electron chi connectivity index (χ0n) is 17.2. The molecular formula is C21H28N6OS. The molecule has 0 bridgehead atoms. The highest BCUT2D eigenvalue weighted by Gasteiger charge is 2.07. The first-order valence-electron chi connectivity index (χ1n) is 10.0. The molecule has 8 heteroatoms. The molecule has 0 saturated heterocycles. The molecule has 0 aliphatic rings. The van der Waals surface area contributed by atoms with Gasteiger partial charge in [-0.15, -0.1) is 11.3 Å². The maximum Gasteiger partial charge on any atom is 0.257 e. The molecule has 0 spiro atoms. The molecule has 2 aromatic heterocycles. The lowest BCUT2D eigenvalue weighted by atomic mass is 10.1. The van der Waals surface area contributed by atoms with Crippen LogP contribution in [0.2, 0.25) is 0 Å². The molecule has 0 radical (unpaired) electrons. The van der Waals surface area contributed by atoms with Gasteiger partial charge in [0.25, 0.3) is 5.89 Å². The standard InChI is InChI=1S/C21H28N6OS/c1-4-19-26-20(28-27-19)17-8-6-16(7-9-17)10-12-23-21(22-5-2)24-13-11-18-14-29-15(3)25-18/h6-9,14H,4-5,10-13H2,1-3H3,(H2,22,23,24). The smallest absolute Gasteiger partial charge is 0.257 e. The lowest BCUT2D eigenvalue weighted by Crippen LogP contribution is -2.38. The van der Waals surface area contributed by atoms with Crippen molar-refractivity contribution >= 4 is 17.3 Å². The number of rotatable bonds is 9. The SMILES string of the molecule is CCNC(=NCCc1csc(C)n1)NCCc1ccc(-c2nc(CC)no2)cc1. The van der Waals surface area contributed by atoms with E-state index in [9.17, 15) is 0 Å². The van der Waals surface area contributed by atoms with E-state index in [0.717, 1.165) is 66.9 Å². The first-order chi connectivity index (χ1) is 14.2. The van der Waals surface area contributed by atoms with Gasteiger partial charge in [-0.05, 0) is 38.0 Å². The van der Waals surface area contributed by atoms with Crippen LogP contribution in [0.4, 0.5) is 0 Å². The number of guanidine groups is 1. The van der Waals surface area contributed by atoms with Crippen molar-refractivity contribution in [3.8, 4) is 11.5 Å². The molecule has 1 aromatic carbocycles. The van der Waals surface area contributed by atoms with E-state index in [1.54, 1.807) is 11.3 Å². The first-order valence-corrected chi connectivity index (χ1v) is 10.9. The molecule has 29 heavy (non-hydrogen) atoms. The molecule has 3 rings (SSSR count). The van der Waals surface area contributed by atoms with Gasteiger partial charge in [-0.2, -0.15) is 4.98 Å². The summed E-state index contributed by atoms with van der Waals surface area (Å²) >= 11 is 1.68. The van der Waals surface area contributed by atoms with E-state index in [4.69, 9.17) is 4.52 Å². The Balaban J connectivity index is 1.47. The average molecular weight is 413 g/mol. The van der Waals surface area contributed by atoms with Crippen LogP contribution in [0.5, 0.6) is 0 Å². The molecule has 0 unspecified atom stereocenters. The van der Waals surface area contributed by atoms with Crippen LogP contribution in [0, 0.1) is 6.92 Å². The lowest BCUT2D eigenvalue weighted by Gasteiger charge is -2.11. The zero-order valence-corrected chi connectivity index (χ0v) is 18.1. The summed E-state index contributed by atoms with van der Waals surface area (Å²) in [4.78, 5) is 13.5.